The predicted molar refractivity (Wildman–Crippen MR) is 110 cm³/mol. The predicted octanol–water partition coefficient (Wildman–Crippen LogP) is 4.67. The first-order valence-corrected chi connectivity index (χ1v) is 14.8. The summed E-state index contributed by atoms with van der Waals surface area (Å²) in [5.41, 5.74) is 5.09. The van der Waals surface area contributed by atoms with Gasteiger partial charge in [0.15, 0.2) is 0 Å². The van der Waals surface area contributed by atoms with E-state index in [1.807, 2.05) is 31.6 Å². The molecule has 23 heavy (non-hydrogen) atoms. The molecule has 0 saturated heterocycles. The van der Waals surface area contributed by atoms with Gasteiger partial charge in [0.05, 0.1) is 0 Å². The summed E-state index contributed by atoms with van der Waals surface area (Å²) >= 11 is 0. The molecule has 0 heterocycles. The van der Waals surface area contributed by atoms with Gasteiger partial charge in [0.1, 0.15) is 0 Å². The molecular formula is C13H29NO4S4Si. The molecule has 138 valence electrons. The largest absolute Gasteiger partial charge is 0.585 e. The summed E-state index contributed by atoms with van der Waals surface area (Å²) in [5.74, 6) is 0.736. The van der Waals surface area contributed by atoms with Crippen LogP contribution in [0.3, 0.4) is 0 Å². The van der Waals surface area contributed by atoms with Crippen LogP contribution in [-0.4, -0.2) is 39.4 Å². The van der Waals surface area contributed by atoms with Crippen LogP contribution in [0.2, 0.25) is 0 Å². The van der Waals surface area contributed by atoms with Crippen molar-refractivity contribution in [3.63, 3.8) is 0 Å². The van der Waals surface area contributed by atoms with Crippen LogP contribution in [0, 0.1) is 0 Å². The second kappa shape index (κ2) is 17.5. The number of rotatable bonds is 13. The molecule has 0 rings (SSSR count). The van der Waals surface area contributed by atoms with Crippen molar-refractivity contribution < 1.29 is 18.1 Å². The van der Waals surface area contributed by atoms with Crippen molar-refractivity contribution >= 4 is 54.5 Å². The van der Waals surface area contributed by atoms with Gasteiger partial charge in [0, 0.05) is 31.1 Å². The summed E-state index contributed by atoms with van der Waals surface area (Å²) in [6, 6.07) is 0. The molecule has 0 aromatic heterocycles. The lowest BCUT2D eigenvalue weighted by Crippen LogP contribution is -2.42. The fourth-order valence-corrected chi connectivity index (χ4v) is 15.0. The lowest BCUT2D eigenvalue weighted by Gasteiger charge is -2.25. The number of nitrogens with two attached hydrogens (primary N) is 1. The third kappa shape index (κ3) is 15.9. The fraction of sp³-hybridized carbons (Fsp3) is 0.769. The Morgan fingerprint density at radius 2 is 1.48 bits per heavy atom. The highest BCUT2D eigenvalue weighted by Crippen LogP contribution is 2.48. The van der Waals surface area contributed by atoms with Gasteiger partial charge in [0.25, 0.3) is 0 Å². The number of amides is 1. The Balaban J connectivity index is 0. The topological polar surface area (TPSA) is 70.8 Å². The summed E-state index contributed by atoms with van der Waals surface area (Å²) in [7, 11) is 4.45. The van der Waals surface area contributed by atoms with Crippen LogP contribution in [-0.2, 0) is 18.1 Å². The average Bonchev–Trinajstić information content (AvgIpc) is 2.48. The summed E-state index contributed by atoms with van der Waals surface area (Å²) in [6.45, 7) is 14.9. The van der Waals surface area contributed by atoms with Crippen molar-refractivity contribution in [3.05, 3.63) is 12.2 Å². The van der Waals surface area contributed by atoms with Gasteiger partial charge in [-0.15, -0.1) is 0 Å². The second-order valence-corrected chi connectivity index (χ2v) is 14.4. The number of hydrogen-bond donors (Lipinski definition) is 1. The highest BCUT2D eigenvalue weighted by Gasteiger charge is 2.43. The maximum atomic E-state index is 9.82. The Hall–Kier alpha value is 0.707. The maximum Gasteiger partial charge on any atom is 0.585 e. The Morgan fingerprint density at radius 3 is 1.78 bits per heavy atom. The molecule has 0 aromatic rings. The first kappa shape index (κ1) is 25.9. The van der Waals surface area contributed by atoms with E-state index in [-0.39, 0.29) is 0 Å². The highest BCUT2D eigenvalue weighted by molar-refractivity contribution is 9.28. The first-order valence-electron chi connectivity index (χ1n) is 7.40. The standard InChI is InChI=1S/C9H22O3S4Si.C4H7NO/c1-5-9-13-14-15-16-17(10-6-2,11-7-3)12-8-4;1-3(2)4(5)6/h5-9H2,1-4H3;1H2,2H3,(H2,5,6). The van der Waals surface area contributed by atoms with E-state index < -0.39 is 13.9 Å². The van der Waals surface area contributed by atoms with Gasteiger partial charge in [-0.1, -0.05) is 24.3 Å². The Kier molecular flexibility index (Phi) is 19.8. The Labute approximate surface area is 156 Å². The van der Waals surface area contributed by atoms with Gasteiger partial charge >= 0.3 is 7.95 Å². The smallest absolute Gasteiger partial charge is 0.366 e. The molecule has 10 heteroatoms. The molecule has 0 bridgehead atoms. The molecule has 0 atom stereocenters. The molecule has 2 N–H and O–H groups in total. The summed E-state index contributed by atoms with van der Waals surface area (Å²) in [6.07, 6.45) is 1.20. The molecule has 1 amide bonds. The van der Waals surface area contributed by atoms with E-state index in [2.05, 4.69) is 13.5 Å². The van der Waals surface area contributed by atoms with Crippen LogP contribution in [0.15, 0.2) is 12.2 Å². The van der Waals surface area contributed by atoms with Crippen LogP contribution in [0.1, 0.15) is 41.0 Å². The van der Waals surface area contributed by atoms with Crippen molar-refractivity contribution in [2.75, 3.05) is 25.6 Å². The zero-order valence-corrected chi connectivity index (χ0v) is 18.9. The zero-order valence-electron chi connectivity index (χ0n) is 14.6. The van der Waals surface area contributed by atoms with Gasteiger partial charge in [-0.3, -0.25) is 4.79 Å². The number of carbonyl (C=O) groups is 1. The molecule has 0 aliphatic carbocycles. The molecule has 5 nitrogen and oxygen atoms in total. The minimum Gasteiger partial charge on any atom is -0.366 e. The first-order chi connectivity index (χ1) is 10.9. The summed E-state index contributed by atoms with van der Waals surface area (Å²) in [5, 5.41) is 0. The summed E-state index contributed by atoms with van der Waals surface area (Å²) in [4.78, 5) is 9.82. The monoisotopic (exact) mass is 419 g/mol. The van der Waals surface area contributed by atoms with Gasteiger partial charge < -0.3 is 19.0 Å². The van der Waals surface area contributed by atoms with E-state index in [4.69, 9.17) is 19.0 Å². The molecule has 0 saturated carbocycles. The van der Waals surface area contributed by atoms with Gasteiger partial charge in [-0.25, -0.2) is 0 Å². The second-order valence-electron chi connectivity index (χ2n) is 3.99. The van der Waals surface area contributed by atoms with E-state index in [0.29, 0.717) is 25.4 Å². The lowest BCUT2D eigenvalue weighted by atomic mass is 10.3. The number of carbonyl (C=O) groups excluding carboxylic acids is 1. The molecule has 0 fully saturated rings. The van der Waals surface area contributed by atoms with Crippen molar-refractivity contribution in [1.82, 2.24) is 0 Å². The van der Waals surface area contributed by atoms with E-state index in [0.717, 1.165) is 0 Å². The maximum absolute atomic E-state index is 9.82. The minimum absolute atomic E-state index is 0.398. The van der Waals surface area contributed by atoms with Crippen LogP contribution < -0.4 is 5.73 Å². The molecule has 0 spiro atoms. The van der Waals surface area contributed by atoms with Crippen LogP contribution in [0.25, 0.3) is 0 Å². The van der Waals surface area contributed by atoms with Crippen LogP contribution in [0.5, 0.6) is 0 Å². The Morgan fingerprint density at radius 1 is 1.04 bits per heavy atom. The third-order valence-corrected chi connectivity index (χ3v) is 14.8. The average molecular weight is 420 g/mol. The van der Waals surface area contributed by atoms with Gasteiger partial charge in [-0.2, -0.15) is 0 Å². The van der Waals surface area contributed by atoms with E-state index in [1.165, 1.54) is 12.2 Å². The minimum atomic E-state index is -2.51. The number of hydrogen-bond acceptors (Lipinski definition) is 8. The van der Waals surface area contributed by atoms with Crippen molar-refractivity contribution in [1.29, 1.82) is 0 Å². The third-order valence-electron chi connectivity index (χ3n) is 1.88. The molecule has 0 aliphatic heterocycles. The van der Waals surface area contributed by atoms with Crippen molar-refractivity contribution in [2.45, 2.75) is 41.0 Å². The molecule has 0 unspecified atom stereocenters. The zero-order chi connectivity index (χ0) is 18.1. The SMILES string of the molecule is C=C(C)C(N)=O.CCCSSSS[Si](OCC)(OCC)OCC. The highest BCUT2D eigenvalue weighted by atomic mass is 33.7. The van der Waals surface area contributed by atoms with E-state index in [9.17, 15) is 4.79 Å². The molecule has 0 aliphatic rings. The van der Waals surface area contributed by atoms with E-state index in [1.54, 1.807) is 36.8 Å². The molecule has 0 radical (unpaired) electrons. The number of primary amides is 1. The van der Waals surface area contributed by atoms with Gasteiger partial charge in [0.2, 0.25) is 5.91 Å². The normalized spacial score (nSPS) is 10.8. The molecule has 0 aromatic carbocycles. The Bertz CT molecular complexity index is 295. The van der Waals surface area contributed by atoms with Crippen molar-refractivity contribution in [2.24, 2.45) is 5.73 Å². The van der Waals surface area contributed by atoms with Crippen LogP contribution >= 0.6 is 40.7 Å². The van der Waals surface area contributed by atoms with E-state index >= 15 is 0 Å². The van der Waals surface area contributed by atoms with Crippen molar-refractivity contribution in [3.8, 4) is 0 Å². The quantitative estimate of drug-likeness (QED) is 0.200. The van der Waals surface area contributed by atoms with Gasteiger partial charge in [-0.05, 0) is 64.0 Å². The van der Waals surface area contributed by atoms with Crippen LogP contribution in [0.4, 0.5) is 0 Å². The fourth-order valence-electron chi connectivity index (χ4n) is 0.920. The summed E-state index contributed by atoms with van der Waals surface area (Å²) < 4.78 is 17.2. The molecular weight excluding hydrogens is 391 g/mol. The lowest BCUT2D eigenvalue weighted by molar-refractivity contribution is -0.114.